The highest BCUT2D eigenvalue weighted by Gasteiger charge is 2.26. The lowest BCUT2D eigenvalue weighted by molar-refractivity contribution is 0.0854. The highest BCUT2D eigenvalue weighted by Crippen LogP contribution is 2.25. The van der Waals surface area contributed by atoms with E-state index in [1.807, 2.05) is 6.07 Å². The molecule has 0 unspecified atom stereocenters. The van der Waals surface area contributed by atoms with Gasteiger partial charge in [0, 0.05) is 16.8 Å². The summed E-state index contributed by atoms with van der Waals surface area (Å²) < 4.78 is 0. The minimum atomic E-state index is -0.185. The van der Waals surface area contributed by atoms with Gasteiger partial charge in [0.1, 0.15) is 0 Å². The standard InChI is InChI=1S/C15H25NO2S/c1-5-12-8-13(19-11(12)4)14(18)16-9-15(6-2,7-3)10-17/h8,17H,5-7,9-10H2,1-4H3,(H,16,18). The van der Waals surface area contributed by atoms with E-state index in [0.717, 1.165) is 24.1 Å². The first-order chi connectivity index (χ1) is 9.01. The fourth-order valence-corrected chi connectivity index (χ4v) is 3.15. The lowest BCUT2D eigenvalue weighted by Crippen LogP contribution is -2.39. The van der Waals surface area contributed by atoms with Crippen LogP contribution < -0.4 is 5.32 Å². The quantitative estimate of drug-likeness (QED) is 0.807. The molecule has 1 aromatic rings. The fourth-order valence-electron chi connectivity index (χ4n) is 2.12. The molecule has 3 nitrogen and oxygen atoms in total. The zero-order valence-electron chi connectivity index (χ0n) is 12.4. The maximum Gasteiger partial charge on any atom is 0.261 e. The smallest absolute Gasteiger partial charge is 0.261 e. The number of hydrogen-bond donors (Lipinski definition) is 2. The zero-order chi connectivity index (χ0) is 14.5. The van der Waals surface area contributed by atoms with Crippen LogP contribution in [0.2, 0.25) is 0 Å². The number of thiophene rings is 1. The number of aryl methyl sites for hydroxylation is 2. The first-order valence-electron chi connectivity index (χ1n) is 7.00. The molecule has 1 amide bonds. The number of nitrogens with one attached hydrogen (secondary N) is 1. The van der Waals surface area contributed by atoms with Crippen LogP contribution in [0.5, 0.6) is 0 Å². The molecule has 0 saturated carbocycles. The number of aliphatic hydroxyl groups excluding tert-OH is 1. The molecule has 0 radical (unpaired) electrons. The molecule has 1 aromatic heterocycles. The predicted molar refractivity (Wildman–Crippen MR) is 80.9 cm³/mol. The number of amides is 1. The molecule has 0 aliphatic rings. The van der Waals surface area contributed by atoms with Crippen LogP contribution in [0.3, 0.4) is 0 Å². The second-order valence-electron chi connectivity index (χ2n) is 5.09. The summed E-state index contributed by atoms with van der Waals surface area (Å²) >= 11 is 1.55. The first-order valence-corrected chi connectivity index (χ1v) is 7.82. The molecule has 108 valence electrons. The Morgan fingerprint density at radius 3 is 2.42 bits per heavy atom. The molecule has 2 N–H and O–H groups in total. The average Bonchev–Trinajstić information content (AvgIpc) is 2.82. The Balaban J connectivity index is 2.69. The van der Waals surface area contributed by atoms with Gasteiger partial charge in [0.05, 0.1) is 11.5 Å². The monoisotopic (exact) mass is 283 g/mol. The van der Waals surface area contributed by atoms with Crippen molar-refractivity contribution in [1.82, 2.24) is 5.32 Å². The van der Waals surface area contributed by atoms with Crippen molar-refractivity contribution in [3.63, 3.8) is 0 Å². The van der Waals surface area contributed by atoms with Crippen molar-refractivity contribution < 1.29 is 9.90 Å². The second-order valence-corrected chi connectivity index (χ2v) is 6.35. The summed E-state index contributed by atoms with van der Waals surface area (Å²) in [4.78, 5) is 14.1. The number of aliphatic hydroxyl groups is 1. The van der Waals surface area contributed by atoms with E-state index in [4.69, 9.17) is 0 Å². The SMILES string of the molecule is CCc1cc(C(=O)NCC(CC)(CC)CO)sc1C. The van der Waals surface area contributed by atoms with Crippen molar-refractivity contribution in [2.24, 2.45) is 5.41 Å². The Kier molecular flexibility index (Phi) is 6.01. The van der Waals surface area contributed by atoms with Gasteiger partial charge in [0.25, 0.3) is 5.91 Å². The van der Waals surface area contributed by atoms with E-state index in [-0.39, 0.29) is 17.9 Å². The Hall–Kier alpha value is -0.870. The molecule has 0 aliphatic carbocycles. The van der Waals surface area contributed by atoms with Crippen LogP contribution in [0.25, 0.3) is 0 Å². The topological polar surface area (TPSA) is 49.3 Å². The number of carbonyl (C=O) groups excluding carboxylic acids is 1. The molecule has 0 atom stereocenters. The molecule has 1 heterocycles. The molecule has 0 bridgehead atoms. The average molecular weight is 283 g/mol. The third-order valence-electron chi connectivity index (χ3n) is 4.08. The summed E-state index contributed by atoms with van der Waals surface area (Å²) in [7, 11) is 0. The van der Waals surface area contributed by atoms with E-state index in [0.29, 0.717) is 6.54 Å². The van der Waals surface area contributed by atoms with E-state index >= 15 is 0 Å². The molecule has 0 aliphatic heterocycles. The lowest BCUT2D eigenvalue weighted by atomic mass is 9.83. The van der Waals surface area contributed by atoms with Crippen LogP contribution in [-0.2, 0) is 6.42 Å². The Labute approximate surface area is 120 Å². The van der Waals surface area contributed by atoms with Crippen LogP contribution in [0.1, 0.15) is 53.7 Å². The van der Waals surface area contributed by atoms with E-state index in [1.165, 1.54) is 10.4 Å². The normalized spacial score (nSPS) is 11.6. The third kappa shape index (κ3) is 3.80. The summed E-state index contributed by atoms with van der Waals surface area (Å²) in [5.74, 6) is -0.0208. The van der Waals surface area contributed by atoms with E-state index < -0.39 is 0 Å². The van der Waals surface area contributed by atoms with Crippen molar-refractivity contribution in [2.75, 3.05) is 13.2 Å². The predicted octanol–water partition coefficient (Wildman–Crippen LogP) is 3.15. The minimum Gasteiger partial charge on any atom is -0.396 e. The van der Waals surface area contributed by atoms with E-state index in [9.17, 15) is 9.90 Å². The van der Waals surface area contributed by atoms with Crippen LogP contribution in [0.4, 0.5) is 0 Å². The Morgan fingerprint density at radius 2 is 2.00 bits per heavy atom. The molecule has 19 heavy (non-hydrogen) atoms. The molecule has 0 aromatic carbocycles. The van der Waals surface area contributed by atoms with Gasteiger partial charge in [-0.15, -0.1) is 11.3 Å². The highest BCUT2D eigenvalue weighted by atomic mass is 32.1. The van der Waals surface area contributed by atoms with Gasteiger partial charge >= 0.3 is 0 Å². The highest BCUT2D eigenvalue weighted by molar-refractivity contribution is 7.14. The summed E-state index contributed by atoms with van der Waals surface area (Å²) in [6.45, 7) is 8.91. The maximum atomic E-state index is 12.1. The minimum absolute atomic E-state index is 0.0208. The number of hydrogen-bond acceptors (Lipinski definition) is 3. The van der Waals surface area contributed by atoms with Crippen molar-refractivity contribution in [3.05, 3.63) is 21.4 Å². The van der Waals surface area contributed by atoms with Gasteiger partial charge in [-0.25, -0.2) is 0 Å². The molecule has 1 rings (SSSR count). The Bertz CT molecular complexity index is 414. The van der Waals surface area contributed by atoms with Crippen LogP contribution in [0, 0.1) is 12.3 Å². The fraction of sp³-hybridized carbons (Fsp3) is 0.667. The zero-order valence-corrected chi connectivity index (χ0v) is 13.2. The molecule has 0 fully saturated rings. The Morgan fingerprint density at radius 1 is 1.37 bits per heavy atom. The van der Waals surface area contributed by atoms with E-state index in [1.54, 1.807) is 11.3 Å². The van der Waals surface area contributed by atoms with Gasteiger partial charge in [-0.05, 0) is 37.8 Å². The molecular weight excluding hydrogens is 258 g/mol. The van der Waals surface area contributed by atoms with Gasteiger partial charge in [-0.2, -0.15) is 0 Å². The molecule has 4 heteroatoms. The van der Waals surface area contributed by atoms with Crippen molar-refractivity contribution >= 4 is 17.2 Å². The van der Waals surface area contributed by atoms with Gasteiger partial charge in [-0.1, -0.05) is 20.8 Å². The third-order valence-corrected chi connectivity index (χ3v) is 5.18. The molecule has 0 spiro atoms. The molecular formula is C15H25NO2S. The maximum absolute atomic E-state index is 12.1. The number of carbonyl (C=O) groups is 1. The van der Waals surface area contributed by atoms with Crippen LogP contribution in [0.15, 0.2) is 6.07 Å². The van der Waals surface area contributed by atoms with Gasteiger partial charge in [0.15, 0.2) is 0 Å². The van der Waals surface area contributed by atoms with Gasteiger partial charge in [-0.3, -0.25) is 4.79 Å². The van der Waals surface area contributed by atoms with Crippen molar-refractivity contribution in [2.45, 2.75) is 47.0 Å². The first kappa shape index (κ1) is 16.2. The van der Waals surface area contributed by atoms with Crippen LogP contribution >= 0.6 is 11.3 Å². The molecule has 0 saturated heterocycles. The van der Waals surface area contributed by atoms with Crippen molar-refractivity contribution in [1.29, 1.82) is 0 Å². The van der Waals surface area contributed by atoms with Gasteiger partial charge < -0.3 is 10.4 Å². The summed E-state index contributed by atoms with van der Waals surface area (Å²) in [6, 6.07) is 1.98. The summed E-state index contributed by atoms with van der Waals surface area (Å²) in [5.41, 5.74) is 1.06. The number of rotatable bonds is 7. The largest absolute Gasteiger partial charge is 0.396 e. The summed E-state index contributed by atoms with van der Waals surface area (Å²) in [6.07, 6.45) is 2.69. The second kappa shape index (κ2) is 7.06. The van der Waals surface area contributed by atoms with Crippen LogP contribution in [-0.4, -0.2) is 24.2 Å². The summed E-state index contributed by atoms with van der Waals surface area (Å²) in [5, 5.41) is 12.5. The van der Waals surface area contributed by atoms with E-state index in [2.05, 4.69) is 33.0 Å². The van der Waals surface area contributed by atoms with Gasteiger partial charge in [0.2, 0.25) is 0 Å². The van der Waals surface area contributed by atoms with Crippen molar-refractivity contribution in [3.8, 4) is 0 Å². The lowest BCUT2D eigenvalue weighted by Gasteiger charge is -2.29.